The second-order valence-corrected chi connectivity index (χ2v) is 9.23. The molecule has 200 valence electrons. The van der Waals surface area contributed by atoms with Crippen LogP contribution in [0.5, 0.6) is 11.5 Å². The lowest BCUT2D eigenvalue weighted by atomic mass is 10.0. The second-order valence-electron chi connectivity index (χ2n) is 9.23. The SMILES string of the molecule is COc1cc2nc(C)nc(N[C@H](C)c3cccc(C(F)(F)F)c3F)c2cc1OCCN(C)CC1COC1. The minimum atomic E-state index is -4.79. The number of halogens is 4. The third-order valence-corrected chi connectivity index (χ3v) is 6.25. The van der Waals surface area contributed by atoms with E-state index < -0.39 is 23.6 Å². The van der Waals surface area contributed by atoms with Crippen molar-refractivity contribution in [3.05, 3.63) is 53.1 Å². The second kappa shape index (κ2) is 11.1. The van der Waals surface area contributed by atoms with Crippen LogP contribution in [0.25, 0.3) is 10.9 Å². The Kier molecular flexibility index (Phi) is 8.03. The highest BCUT2D eigenvalue weighted by Gasteiger charge is 2.35. The van der Waals surface area contributed by atoms with E-state index in [1.165, 1.54) is 19.2 Å². The Labute approximate surface area is 212 Å². The summed E-state index contributed by atoms with van der Waals surface area (Å²) in [6, 6.07) is 5.87. The number of ether oxygens (including phenoxy) is 3. The molecule has 2 aromatic carbocycles. The van der Waals surface area contributed by atoms with Crippen LogP contribution in [0.15, 0.2) is 30.3 Å². The molecule has 3 aromatic rings. The van der Waals surface area contributed by atoms with Gasteiger partial charge in [-0.15, -0.1) is 0 Å². The quantitative estimate of drug-likeness (QED) is 0.366. The summed E-state index contributed by atoms with van der Waals surface area (Å²) < 4.78 is 71.1. The van der Waals surface area contributed by atoms with Crippen LogP contribution in [0.1, 0.15) is 29.9 Å². The zero-order valence-corrected chi connectivity index (χ0v) is 21.2. The van der Waals surface area contributed by atoms with Crippen molar-refractivity contribution in [2.75, 3.05) is 52.4 Å². The van der Waals surface area contributed by atoms with Gasteiger partial charge in [0.15, 0.2) is 11.5 Å². The molecule has 1 atom stereocenters. The summed E-state index contributed by atoms with van der Waals surface area (Å²) >= 11 is 0. The first-order valence-electron chi connectivity index (χ1n) is 11.9. The minimum absolute atomic E-state index is 0.121. The molecule has 0 spiro atoms. The third kappa shape index (κ3) is 6.22. The van der Waals surface area contributed by atoms with Gasteiger partial charge in [0, 0.05) is 36.0 Å². The van der Waals surface area contributed by atoms with Crippen molar-refractivity contribution in [1.82, 2.24) is 14.9 Å². The van der Waals surface area contributed by atoms with Gasteiger partial charge in [0.25, 0.3) is 0 Å². The summed E-state index contributed by atoms with van der Waals surface area (Å²) in [5, 5.41) is 3.63. The van der Waals surface area contributed by atoms with E-state index in [1.807, 2.05) is 7.05 Å². The molecule has 37 heavy (non-hydrogen) atoms. The first-order valence-corrected chi connectivity index (χ1v) is 11.9. The number of likely N-dealkylation sites (N-methyl/N-ethyl adjacent to an activating group) is 1. The van der Waals surface area contributed by atoms with Crippen molar-refractivity contribution >= 4 is 16.7 Å². The number of aromatic nitrogens is 2. The van der Waals surface area contributed by atoms with Crippen molar-refractivity contribution in [3.63, 3.8) is 0 Å². The third-order valence-electron chi connectivity index (χ3n) is 6.25. The molecule has 0 unspecified atom stereocenters. The Morgan fingerprint density at radius 3 is 2.59 bits per heavy atom. The van der Waals surface area contributed by atoms with E-state index >= 15 is 0 Å². The van der Waals surface area contributed by atoms with Gasteiger partial charge in [0.2, 0.25) is 0 Å². The molecule has 7 nitrogen and oxygen atoms in total. The van der Waals surface area contributed by atoms with Crippen molar-refractivity contribution in [3.8, 4) is 11.5 Å². The molecule has 1 saturated heterocycles. The van der Waals surface area contributed by atoms with Gasteiger partial charge in [-0.2, -0.15) is 13.2 Å². The Balaban J connectivity index is 1.58. The number of benzene rings is 2. The number of alkyl halides is 3. The van der Waals surface area contributed by atoms with E-state index in [1.54, 1.807) is 26.0 Å². The number of anilines is 1. The van der Waals surface area contributed by atoms with E-state index in [-0.39, 0.29) is 5.56 Å². The number of nitrogens with zero attached hydrogens (tertiary/aromatic N) is 3. The Hall–Kier alpha value is -3.18. The molecule has 1 aliphatic heterocycles. The normalized spacial score (nSPS) is 15.1. The molecule has 0 aliphatic carbocycles. The van der Waals surface area contributed by atoms with Crippen LogP contribution in [-0.2, 0) is 10.9 Å². The smallest absolute Gasteiger partial charge is 0.419 e. The monoisotopic (exact) mass is 522 g/mol. The van der Waals surface area contributed by atoms with Crippen molar-refractivity contribution in [2.45, 2.75) is 26.1 Å². The zero-order chi connectivity index (χ0) is 26.7. The number of aryl methyl sites for hydroxylation is 1. The number of hydrogen-bond acceptors (Lipinski definition) is 7. The maximum Gasteiger partial charge on any atom is 0.419 e. The fraction of sp³-hybridized carbons (Fsp3) is 0.462. The highest BCUT2D eigenvalue weighted by atomic mass is 19.4. The summed E-state index contributed by atoms with van der Waals surface area (Å²) in [5.41, 5.74) is -0.875. The summed E-state index contributed by atoms with van der Waals surface area (Å²) in [4.78, 5) is 11.1. The molecule has 1 N–H and O–H groups in total. The Morgan fingerprint density at radius 1 is 1.19 bits per heavy atom. The van der Waals surface area contributed by atoms with Crippen LogP contribution in [-0.4, -0.2) is 61.9 Å². The lowest BCUT2D eigenvalue weighted by Gasteiger charge is -2.30. The largest absolute Gasteiger partial charge is 0.493 e. The van der Waals surface area contributed by atoms with Gasteiger partial charge in [0.05, 0.1) is 37.4 Å². The van der Waals surface area contributed by atoms with E-state index in [0.29, 0.717) is 53.1 Å². The first kappa shape index (κ1) is 26.9. The fourth-order valence-electron chi connectivity index (χ4n) is 4.25. The topological polar surface area (TPSA) is 68.7 Å². The molecule has 0 bridgehead atoms. The maximum absolute atomic E-state index is 14.7. The van der Waals surface area contributed by atoms with Crippen molar-refractivity contribution < 1.29 is 31.8 Å². The van der Waals surface area contributed by atoms with Crippen LogP contribution in [0, 0.1) is 18.7 Å². The molecule has 0 saturated carbocycles. The summed E-state index contributed by atoms with van der Waals surface area (Å²) in [5.74, 6) is 0.976. The van der Waals surface area contributed by atoms with Gasteiger partial charge in [0.1, 0.15) is 24.1 Å². The molecule has 0 radical (unpaired) electrons. The standard InChI is InChI=1S/C26H30F4N4O3/c1-15(18-6-5-7-20(24(18)27)26(28,29)30)31-25-19-10-23(22(35-4)11-21(19)32-16(2)33-25)37-9-8-34(3)12-17-13-36-14-17/h5-7,10-11,15,17H,8-9,12-14H2,1-4H3,(H,31,32,33)/t15-/m1/s1. The summed E-state index contributed by atoms with van der Waals surface area (Å²) in [6.07, 6.45) is -4.79. The van der Waals surface area contributed by atoms with Crippen LogP contribution in [0.4, 0.5) is 23.4 Å². The highest BCUT2D eigenvalue weighted by Crippen LogP contribution is 2.37. The lowest BCUT2D eigenvalue weighted by Crippen LogP contribution is -2.39. The predicted octanol–water partition coefficient (Wildman–Crippen LogP) is 5.23. The van der Waals surface area contributed by atoms with Gasteiger partial charge in [-0.1, -0.05) is 12.1 Å². The summed E-state index contributed by atoms with van der Waals surface area (Å²) in [7, 11) is 3.55. The predicted molar refractivity (Wildman–Crippen MR) is 132 cm³/mol. The van der Waals surface area contributed by atoms with Gasteiger partial charge >= 0.3 is 6.18 Å². The average Bonchev–Trinajstić information content (AvgIpc) is 2.80. The molecule has 4 rings (SSSR count). The number of hydrogen-bond donors (Lipinski definition) is 1. The van der Waals surface area contributed by atoms with Crippen LogP contribution in [0.3, 0.4) is 0 Å². The Bertz CT molecular complexity index is 1250. The first-order chi connectivity index (χ1) is 17.6. The van der Waals surface area contributed by atoms with E-state index in [0.717, 1.165) is 25.8 Å². The van der Waals surface area contributed by atoms with E-state index in [9.17, 15) is 17.6 Å². The molecular weight excluding hydrogens is 492 g/mol. The number of rotatable bonds is 10. The zero-order valence-electron chi connectivity index (χ0n) is 21.2. The molecule has 1 fully saturated rings. The van der Waals surface area contributed by atoms with Gasteiger partial charge in [-0.3, -0.25) is 0 Å². The molecule has 1 aromatic heterocycles. The minimum Gasteiger partial charge on any atom is -0.493 e. The molecule has 1 aliphatic rings. The molecular formula is C26H30F4N4O3. The van der Waals surface area contributed by atoms with Crippen LogP contribution < -0.4 is 14.8 Å². The van der Waals surface area contributed by atoms with Gasteiger partial charge < -0.3 is 24.4 Å². The maximum atomic E-state index is 14.7. The van der Waals surface area contributed by atoms with Crippen LogP contribution >= 0.6 is 0 Å². The fourth-order valence-corrected chi connectivity index (χ4v) is 4.25. The van der Waals surface area contributed by atoms with Gasteiger partial charge in [-0.25, -0.2) is 14.4 Å². The average molecular weight is 523 g/mol. The molecule has 2 heterocycles. The highest BCUT2D eigenvalue weighted by molar-refractivity contribution is 5.92. The lowest BCUT2D eigenvalue weighted by molar-refractivity contribution is -0.140. The van der Waals surface area contributed by atoms with E-state index in [2.05, 4.69) is 20.2 Å². The van der Waals surface area contributed by atoms with E-state index in [4.69, 9.17) is 14.2 Å². The van der Waals surface area contributed by atoms with Crippen molar-refractivity contribution in [2.24, 2.45) is 5.92 Å². The molecule has 0 amide bonds. The number of nitrogens with one attached hydrogen (secondary N) is 1. The van der Waals surface area contributed by atoms with Crippen LogP contribution in [0.2, 0.25) is 0 Å². The Morgan fingerprint density at radius 2 is 1.95 bits per heavy atom. The number of fused-ring (bicyclic) bond motifs is 1. The van der Waals surface area contributed by atoms with Gasteiger partial charge in [-0.05, 0) is 33.0 Å². The van der Waals surface area contributed by atoms with Crippen molar-refractivity contribution in [1.29, 1.82) is 0 Å². The molecule has 11 heteroatoms. The number of methoxy groups -OCH3 is 1. The summed E-state index contributed by atoms with van der Waals surface area (Å²) in [6.45, 7) is 6.85.